The van der Waals surface area contributed by atoms with Gasteiger partial charge in [-0.15, -0.1) is 0 Å². The quantitative estimate of drug-likeness (QED) is 0.620. The van der Waals surface area contributed by atoms with E-state index in [1.807, 2.05) is 30.3 Å². The van der Waals surface area contributed by atoms with Crippen LogP contribution in [0.15, 0.2) is 71.7 Å². The molecule has 2 aromatic carbocycles. The molecule has 0 unspecified atom stereocenters. The zero-order valence-corrected chi connectivity index (χ0v) is 15.4. The number of halogens is 1. The molecule has 1 aliphatic heterocycles. The maximum Gasteiger partial charge on any atom is 0.326 e. The number of hydrogen-bond acceptors (Lipinski definition) is 5. The first-order chi connectivity index (χ1) is 14.1. The Balaban J connectivity index is 1.50. The van der Waals surface area contributed by atoms with Crippen LogP contribution in [-0.4, -0.2) is 10.5 Å². The van der Waals surface area contributed by atoms with Gasteiger partial charge in [-0.25, -0.2) is 4.39 Å². The SMILES string of the molecule is O=C(Cn1ccccc1=O)OCc1cc(F)cc2c1O[C@H](c1ccccc1)OC2. The first-order valence-electron chi connectivity index (χ1n) is 9.06. The van der Waals surface area contributed by atoms with Gasteiger partial charge in [0.1, 0.15) is 24.7 Å². The molecule has 29 heavy (non-hydrogen) atoms. The van der Waals surface area contributed by atoms with Crippen molar-refractivity contribution >= 4 is 5.97 Å². The smallest absolute Gasteiger partial charge is 0.326 e. The van der Waals surface area contributed by atoms with Crippen LogP contribution in [0.4, 0.5) is 4.39 Å². The second-order valence-electron chi connectivity index (χ2n) is 6.55. The Kier molecular flexibility index (Phi) is 5.39. The maximum atomic E-state index is 14.0. The third kappa shape index (κ3) is 4.35. The molecule has 4 rings (SSSR count). The van der Waals surface area contributed by atoms with Gasteiger partial charge in [0, 0.05) is 29.0 Å². The van der Waals surface area contributed by atoms with E-state index in [4.69, 9.17) is 14.2 Å². The number of rotatable bonds is 5. The molecule has 0 fully saturated rings. The number of aromatic nitrogens is 1. The molecule has 7 heteroatoms. The molecular weight excluding hydrogens is 377 g/mol. The van der Waals surface area contributed by atoms with Crippen molar-refractivity contribution in [3.05, 3.63) is 99.7 Å². The van der Waals surface area contributed by atoms with Crippen molar-refractivity contribution in [3.8, 4) is 5.75 Å². The van der Waals surface area contributed by atoms with Crippen LogP contribution in [0.2, 0.25) is 0 Å². The molecule has 6 nitrogen and oxygen atoms in total. The van der Waals surface area contributed by atoms with Crippen LogP contribution in [0.3, 0.4) is 0 Å². The van der Waals surface area contributed by atoms with Crippen LogP contribution in [0.1, 0.15) is 23.0 Å². The number of nitrogens with zero attached hydrogens (tertiary/aromatic N) is 1. The molecule has 1 aromatic heterocycles. The molecule has 0 spiro atoms. The zero-order chi connectivity index (χ0) is 20.2. The van der Waals surface area contributed by atoms with Gasteiger partial charge >= 0.3 is 5.97 Å². The third-order valence-electron chi connectivity index (χ3n) is 4.48. The fourth-order valence-electron chi connectivity index (χ4n) is 3.09. The summed E-state index contributed by atoms with van der Waals surface area (Å²) in [4.78, 5) is 23.8. The molecule has 1 aliphatic rings. The van der Waals surface area contributed by atoms with Crippen LogP contribution >= 0.6 is 0 Å². The molecule has 0 saturated carbocycles. The van der Waals surface area contributed by atoms with Crippen molar-refractivity contribution in [2.45, 2.75) is 26.0 Å². The number of esters is 1. The van der Waals surface area contributed by atoms with Crippen molar-refractivity contribution in [1.82, 2.24) is 4.57 Å². The van der Waals surface area contributed by atoms with Gasteiger partial charge in [-0.2, -0.15) is 0 Å². The number of carbonyl (C=O) groups excluding carboxylic acids is 1. The number of ether oxygens (including phenoxy) is 3. The summed E-state index contributed by atoms with van der Waals surface area (Å²) in [5, 5.41) is 0. The van der Waals surface area contributed by atoms with Gasteiger partial charge in [0.25, 0.3) is 5.56 Å². The van der Waals surface area contributed by atoms with E-state index in [1.54, 1.807) is 12.1 Å². The maximum absolute atomic E-state index is 14.0. The lowest BCUT2D eigenvalue weighted by atomic mass is 10.1. The second-order valence-corrected chi connectivity index (χ2v) is 6.55. The molecule has 1 atom stereocenters. The van der Waals surface area contributed by atoms with E-state index in [1.165, 1.54) is 29.0 Å². The van der Waals surface area contributed by atoms with E-state index in [0.717, 1.165) is 5.56 Å². The van der Waals surface area contributed by atoms with Crippen LogP contribution in [0.25, 0.3) is 0 Å². The normalized spacial score (nSPS) is 15.3. The van der Waals surface area contributed by atoms with E-state index in [-0.39, 0.29) is 25.3 Å². The first kappa shape index (κ1) is 18.9. The number of fused-ring (bicyclic) bond motifs is 1. The molecule has 148 valence electrons. The fourth-order valence-corrected chi connectivity index (χ4v) is 3.09. The number of pyridine rings is 1. The zero-order valence-electron chi connectivity index (χ0n) is 15.4. The Morgan fingerprint density at radius 2 is 1.93 bits per heavy atom. The minimum Gasteiger partial charge on any atom is -0.460 e. The Morgan fingerprint density at radius 3 is 2.72 bits per heavy atom. The average molecular weight is 395 g/mol. The summed E-state index contributed by atoms with van der Waals surface area (Å²) in [7, 11) is 0. The van der Waals surface area contributed by atoms with Crippen molar-refractivity contribution in [2.75, 3.05) is 0 Å². The predicted molar refractivity (Wildman–Crippen MR) is 101 cm³/mol. The number of carbonyl (C=O) groups is 1. The monoisotopic (exact) mass is 395 g/mol. The van der Waals surface area contributed by atoms with E-state index < -0.39 is 18.1 Å². The second kappa shape index (κ2) is 8.28. The Bertz CT molecular complexity index is 1080. The molecule has 0 amide bonds. The molecule has 0 saturated heterocycles. The average Bonchev–Trinajstić information content (AvgIpc) is 2.74. The van der Waals surface area contributed by atoms with Gasteiger partial charge in [-0.3, -0.25) is 9.59 Å². The third-order valence-corrected chi connectivity index (χ3v) is 4.48. The minimum absolute atomic E-state index is 0.174. The van der Waals surface area contributed by atoms with E-state index in [2.05, 4.69) is 0 Å². The van der Waals surface area contributed by atoms with Crippen molar-refractivity contribution in [2.24, 2.45) is 0 Å². The fraction of sp³-hybridized carbons (Fsp3) is 0.182. The summed E-state index contributed by atoms with van der Waals surface area (Å²) in [5.74, 6) is -0.640. The van der Waals surface area contributed by atoms with Gasteiger partial charge in [0.15, 0.2) is 0 Å². The molecule has 0 aliphatic carbocycles. The van der Waals surface area contributed by atoms with Crippen LogP contribution < -0.4 is 10.3 Å². The molecule has 2 heterocycles. The summed E-state index contributed by atoms with van der Waals surface area (Å²) < 4.78 is 32.1. The lowest BCUT2D eigenvalue weighted by Crippen LogP contribution is -2.24. The van der Waals surface area contributed by atoms with Gasteiger partial charge in [-0.1, -0.05) is 36.4 Å². The van der Waals surface area contributed by atoms with Gasteiger partial charge in [0.2, 0.25) is 6.29 Å². The Morgan fingerprint density at radius 1 is 1.14 bits per heavy atom. The highest BCUT2D eigenvalue weighted by molar-refractivity contribution is 5.69. The van der Waals surface area contributed by atoms with Crippen LogP contribution in [-0.2, 0) is 34.0 Å². The van der Waals surface area contributed by atoms with Crippen molar-refractivity contribution in [1.29, 1.82) is 0 Å². The van der Waals surface area contributed by atoms with E-state index >= 15 is 0 Å². The highest BCUT2D eigenvalue weighted by atomic mass is 19.1. The Labute approximate surface area is 166 Å². The lowest BCUT2D eigenvalue weighted by Gasteiger charge is -2.28. The van der Waals surface area contributed by atoms with Crippen LogP contribution in [0, 0.1) is 5.82 Å². The number of benzene rings is 2. The summed E-state index contributed by atoms with van der Waals surface area (Å²) in [6.45, 7) is -0.233. The molecule has 3 aromatic rings. The van der Waals surface area contributed by atoms with Gasteiger partial charge < -0.3 is 18.8 Å². The first-order valence-corrected chi connectivity index (χ1v) is 9.06. The Hall–Kier alpha value is -3.45. The van der Waals surface area contributed by atoms with E-state index in [9.17, 15) is 14.0 Å². The lowest BCUT2D eigenvalue weighted by molar-refractivity contribution is -0.146. The molecular formula is C22H18FNO5. The highest BCUT2D eigenvalue weighted by Crippen LogP contribution is 2.36. The van der Waals surface area contributed by atoms with Gasteiger partial charge in [0.05, 0.1) is 6.61 Å². The largest absolute Gasteiger partial charge is 0.460 e. The van der Waals surface area contributed by atoms with E-state index in [0.29, 0.717) is 16.9 Å². The number of hydrogen-bond donors (Lipinski definition) is 0. The summed E-state index contributed by atoms with van der Waals surface area (Å²) in [6.07, 6.45) is 0.866. The standard InChI is InChI=1S/C22H18FNO5/c23-18-10-16(13-27-20(26)12-24-9-5-4-8-19(24)25)21-17(11-18)14-28-22(29-21)15-6-2-1-3-7-15/h1-11,22H,12-14H2/t22-/m1/s1. The summed E-state index contributed by atoms with van der Waals surface area (Å²) in [6, 6.07) is 16.6. The van der Waals surface area contributed by atoms with Crippen molar-refractivity contribution in [3.63, 3.8) is 0 Å². The van der Waals surface area contributed by atoms with Crippen LogP contribution in [0.5, 0.6) is 5.75 Å². The summed E-state index contributed by atoms with van der Waals surface area (Å²) >= 11 is 0. The summed E-state index contributed by atoms with van der Waals surface area (Å²) in [5.41, 5.74) is 1.47. The highest BCUT2D eigenvalue weighted by Gasteiger charge is 2.25. The van der Waals surface area contributed by atoms with Gasteiger partial charge in [-0.05, 0) is 18.2 Å². The predicted octanol–water partition coefficient (Wildman–Crippen LogP) is 3.34. The molecule has 0 bridgehead atoms. The minimum atomic E-state index is -0.633. The molecule has 0 N–H and O–H groups in total. The van der Waals surface area contributed by atoms with Crippen molar-refractivity contribution < 1.29 is 23.4 Å². The topological polar surface area (TPSA) is 66.8 Å². The molecule has 0 radical (unpaired) electrons.